The average molecular weight is 1600 g/mol. The van der Waals surface area contributed by atoms with Crippen LogP contribution in [0.2, 0.25) is 0 Å². The van der Waals surface area contributed by atoms with Gasteiger partial charge in [0.2, 0.25) is 5.79 Å². The lowest BCUT2D eigenvalue weighted by Gasteiger charge is -2.47. The van der Waals surface area contributed by atoms with Crippen molar-refractivity contribution < 1.29 is 160 Å². The smallest absolute Gasteiger partial charge is 0.329 e. The molecule has 3 aliphatic heterocycles. The lowest BCUT2D eigenvalue weighted by atomic mass is 9.82. The van der Waals surface area contributed by atoms with E-state index in [9.17, 15) is 33.9 Å². The molecule has 0 aromatic heterocycles. The molecule has 638 valence electrons. The number of Topliss-reactive ketones (excluding diaryl/α,β-unsaturated/α-hetero) is 4. The van der Waals surface area contributed by atoms with Crippen LogP contribution in [0.1, 0.15) is 160 Å². The Morgan fingerprint density at radius 2 is 0.991 bits per heavy atom. The molecule has 4 N–H and O–H groups in total. The molecule has 4 rings (SSSR count). The number of rotatable bonds is 17. The second-order valence-corrected chi connectivity index (χ2v) is 23.2. The summed E-state index contributed by atoms with van der Waals surface area (Å²) in [6.45, 7) is 16.2. The van der Waals surface area contributed by atoms with Crippen LogP contribution in [0.4, 0.5) is 0 Å². The highest BCUT2D eigenvalue weighted by atomic mass is 17.9. The van der Waals surface area contributed by atoms with Crippen molar-refractivity contribution in [3.63, 3.8) is 0 Å². The standard InChI is InChI=1S/C44H65NO12.C44H6.H3NO12.29H2/c1-10-13-31-19-25(2)18-26(3)20-37(54-8)40-38(55-9)22-28(5)44(52,57-40)41(49)42(50)45-17-12-11-14-32(45)43(51)56-39(29(6)34(47)24-35(31)48)27(4)21-30-15-16-33(46)36(23-30)53-7;1-3-5-7-9-11-13-15-17-19-21-23-25-27-29-31-33-35-37-39-41-43-44-42-40-38-36-34-32-30-28-26-24-22-20-18-16-14-12-10-8-6-4-2;2-6-10-12-8-4-1-5-9-13-11-7-3;;;;;;;;;;;;;;;;;;;;;;;;;;;;;/h10,19,21,26,28-32,36-40,52H,1,11-18,20,22-24H2,2-9H3;1-2H3;1-3H;29*1H/b25-19+,27-21+;;;;;;;;;;;;;;;;;;;;;;;;;;;;;;;/t26-,28+,29+,30-,31+,32-,36+,37-,38-,39+,40+,44+;;;;;;;;;;;;;;;;;;;;;;;;;;;;;;;/m0.............................../s1. The average Bonchev–Trinajstić information content (AvgIpc) is 0.810. The second-order valence-electron chi connectivity index (χ2n) is 23.2. The summed E-state index contributed by atoms with van der Waals surface area (Å²) in [4.78, 5) is 91.3. The van der Waals surface area contributed by atoms with Gasteiger partial charge in [0.25, 0.3) is 11.7 Å². The van der Waals surface area contributed by atoms with E-state index >= 15 is 0 Å². The van der Waals surface area contributed by atoms with Crippen LogP contribution >= 0.6 is 0 Å². The lowest BCUT2D eigenvalue weighted by molar-refractivity contribution is -0.792. The Kier molecular flexibility index (Phi) is 52.4. The van der Waals surface area contributed by atoms with Crippen molar-refractivity contribution in [2.75, 3.05) is 27.9 Å². The zero-order valence-electron chi connectivity index (χ0n) is 63.6. The molecule has 3 fully saturated rings. The van der Waals surface area contributed by atoms with Crippen molar-refractivity contribution in [1.82, 2.24) is 10.5 Å². The Labute approximate surface area is 707 Å². The van der Waals surface area contributed by atoms with Crippen LogP contribution in [0.15, 0.2) is 36.0 Å². The zero-order chi connectivity index (χ0) is 83.7. The van der Waals surface area contributed by atoms with Crippen LogP contribution < -0.4 is 5.64 Å². The van der Waals surface area contributed by atoms with Crippen molar-refractivity contribution in [3.05, 3.63) is 36.0 Å². The highest BCUT2D eigenvalue weighted by Crippen LogP contribution is 2.39. The van der Waals surface area contributed by atoms with Crippen LogP contribution in [-0.4, -0.2) is 126 Å². The molecule has 26 nitrogen and oxygen atoms in total. The third-order valence-corrected chi connectivity index (χ3v) is 15.5. The van der Waals surface area contributed by atoms with Gasteiger partial charge >= 0.3 is 5.97 Å². The molecule has 2 saturated heterocycles. The van der Waals surface area contributed by atoms with Gasteiger partial charge in [0.15, 0.2) is 5.78 Å². The van der Waals surface area contributed by atoms with Crippen molar-refractivity contribution in [1.29, 1.82) is 0 Å². The Morgan fingerprint density at radius 1 is 0.570 bits per heavy atom. The van der Waals surface area contributed by atoms with Gasteiger partial charge in [-0.2, -0.15) is 0 Å². The number of carbonyl (C=O) groups is 6. The van der Waals surface area contributed by atoms with Crippen molar-refractivity contribution in [2.45, 2.75) is 161 Å². The predicted molar refractivity (Wildman–Crippen MR) is 466 cm³/mol. The fourth-order valence-electron chi connectivity index (χ4n) is 10.6. The molecule has 12 atom stereocenters. The number of allylic oxidation sites excluding steroid dienone is 4. The van der Waals surface area contributed by atoms with Crippen LogP contribution in [0, 0.1) is 278 Å². The van der Waals surface area contributed by atoms with Crippen LogP contribution in [0.25, 0.3) is 0 Å². The maximum Gasteiger partial charge on any atom is 0.329 e. The molecule has 2 bridgehead atoms. The van der Waals surface area contributed by atoms with Gasteiger partial charge in [-0.15, -0.1) is 6.58 Å². The molecule has 0 aromatic rings. The summed E-state index contributed by atoms with van der Waals surface area (Å²) in [6.07, 6.45) is 5.32. The third kappa shape index (κ3) is 41.1. The first kappa shape index (κ1) is 97.0. The first-order valence-electron chi connectivity index (χ1n) is 33.9. The van der Waals surface area contributed by atoms with Crippen molar-refractivity contribution in [2.24, 2.45) is 29.6 Å². The van der Waals surface area contributed by atoms with Gasteiger partial charge in [0.1, 0.15) is 35.9 Å². The molecule has 1 aliphatic carbocycles. The summed E-state index contributed by atoms with van der Waals surface area (Å²) < 4.78 is 29.5. The Morgan fingerprint density at radius 3 is 1.39 bits per heavy atom. The molecule has 4 aliphatic rings. The van der Waals surface area contributed by atoms with Gasteiger partial charge in [-0.3, -0.25) is 24.0 Å². The van der Waals surface area contributed by atoms with Crippen LogP contribution in [0.5, 0.6) is 0 Å². The molecule has 1 saturated carbocycles. The molecular weight excluding hydrogens is 1470 g/mol. The van der Waals surface area contributed by atoms with Crippen molar-refractivity contribution in [3.8, 4) is 249 Å². The number of aliphatic hydroxyl groups is 1. The van der Waals surface area contributed by atoms with Crippen LogP contribution in [-0.2, 0) is 103 Å². The molecule has 114 heavy (non-hydrogen) atoms. The summed E-state index contributed by atoms with van der Waals surface area (Å²) in [5.74, 6) is 96.8. The van der Waals surface area contributed by atoms with Gasteiger partial charge in [-0.1, -0.05) is 66.4 Å². The van der Waals surface area contributed by atoms with E-state index in [2.05, 4.69) is 306 Å². The SMILES string of the molecule is C=CC[C@@H]1/C=C(\C)C[C@H](C)C[C@H](OC)[C@H]2O[C@@](O)(C(=O)C(=O)N3CCCC[C@H]3C(=O)O[C@H](/C(C)=C/[C@@H]3CCC(=O)[C@H](OC)C3)[C@H](C)C(=O)CC1=O)[C@H](C)C[C@@H]2OC.CC#CC#CC#CC#CC#CC#CC#CC#CC#CC#CC#CC#CC#CC#CC#CC#CC#CC#CC#CC#CC#CC.OOOOOONOOOOOO.[HH].[HH].[HH].[HH].[HH].[HH].[HH].[HH].[HH].[HH].[HH].[HH].[HH].[HH].[HH].[HH].[HH].[HH].[HH].[HH].[HH].[HH].[HH].[HH].[HH].[HH].[HH].[HH].[HH]. The van der Waals surface area contributed by atoms with E-state index in [1.165, 1.54) is 27.0 Å². The van der Waals surface area contributed by atoms with Gasteiger partial charge in [0, 0.05) is 230 Å². The Balaban J connectivity index is -0.0000000542. The topological polar surface area (TPSA) is 317 Å². The van der Waals surface area contributed by atoms with E-state index in [0.29, 0.717) is 56.9 Å². The van der Waals surface area contributed by atoms with Gasteiger partial charge in [0.05, 0.1) is 24.5 Å². The number of nitrogens with zero attached hydrogens (tertiary/aromatic N) is 1. The minimum atomic E-state index is -2.53. The third-order valence-electron chi connectivity index (χ3n) is 15.5. The number of nitrogens with one attached hydrogen (secondary N) is 1. The van der Waals surface area contributed by atoms with Gasteiger partial charge < -0.3 is 33.7 Å². The molecule has 26 heteroatoms. The number of hydrogen-bond donors (Lipinski definition) is 4. The molecular formula is C88H132N2O24. The number of ketones is 4. The number of fused-ring (bicyclic) bond motifs is 3. The van der Waals surface area contributed by atoms with Crippen molar-refractivity contribution >= 4 is 35.0 Å². The molecule has 3 heterocycles. The summed E-state index contributed by atoms with van der Waals surface area (Å²) in [5, 5.41) is 52.9. The fraction of sp³-hybridized carbons (Fsp3) is 0.386. The monoisotopic (exact) mass is 1600 g/mol. The van der Waals surface area contributed by atoms with E-state index in [1.807, 2.05) is 26.0 Å². The second kappa shape index (κ2) is 61.6. The van der Waals surface area contributed by atoms with E-state index in [4.69, 9.17) is 34.2 Å². The molecule has 1 amide bonds. The molecule has 0 aromatic carbocycles. The quantitative estimate of drug-likeness (QED) is 0.0154. The van der Waals surface area contributed by atoms with Crippen LogP contribution in [0.3, 0.4) is 0 Å². The first-order valence-corrected chi connectivity index (χ1v) is 33.9. The normalized spacial score (nSPS) is 21.9. The Hall–Kier alpha value is -13.1. The number of esters is 1. The first-order chi connectivity index (χ1) is 55.3. The number of ether oxygens (including phenoxy) is 5. The van der Waals surface area contributed by atoms with Gasteiger partial charge in [-0.05, 0) is 244 Å². The molecule has 0 unspecified atom stereocenters. The summed E-state index contributed by atoms with van der Waals surface area (Å²) in [5.41, 5.74) is 2.86. The number of carbonyl (C=O) groups excluding carboxylic acids is 6. The number of hydrogen-bond acceptors (Lipinski definition) is 25. The highest BCUT2D eigenvalue weighted by molar-refractivity contribution is 6.39. The summed E-state index contributed by atoms with van der Waals surface area (Å²) >= 11 is 0. The fourth-order valence-corrected chi connectivity index (χ4v) is 10.6. The highest BCUT2D eigenvalue weighted by Gasteiger charge is 2.57. The summed E-state index contributed by atoms with van der Waals surface area (Å²) in [7, 11) is 4.52. The largest absolute Gasteiger partial charge is 0.456 e. The number of piperidine rings is 1. The minimum Gasteiger partial charge on any atom is -0.456 e. The maximum absolute atomic E-state index is 14.3. The predicted octanol–water partition coefficient (Wildman–Crippen LogP) is 12.1. The van der Waals surface area contributed by atoms with E-state index < -0.39 is 90.0 Å². The van der Waals surface area contributed by atoms with E-state index in [0.717, 1.165) is 10.5 Å². The maximum atomic E-state index is 14.3. The number of methoxy groups -OCH3 is 3. The zero-order valence-corrected chi connectivity index (χ0v) is 63.6. The van der Waals surface area contributed by atoms with E-state index in [1.54, 1.807) is 40.7 Å². The molecule has 0 radical (unpaired) electrons. The summed E-state index contributed by atoms with van der Waals surface area (Å²) in [6, 6.07) is -1.18. The lowest BCUT2D eigenvalue weighted by Crippen LogP contribution is -2.64. The number of amides is 1. The number of cyclic esters (lactones) is 1. The minimum absolute atomic E-state index is 0. The van der Waals surface area contributed by atoms with E-state index in [-0.39, 0.29) is 84.2 Å². The molecule has 0 spiro atoms. The van der Waals surface area contributed by atoms with Gasteiger partial charge in [-0.25, -0.2) is 15.3 Å². The Bertz CT molecular complexity index is 4880.